The van der Waals surface area contributed by atoms with Crippen LogP contribution in [0.2, 0.25) is 0 Å². The zero-order chi connectivity index (χ0) is 15.1. The van der Waals surface area contributed by atoms with Crippen LogP contribution < -0.4 is 0 Å². The smallest absolute Gasteiger partial charge is 0.0721 e. The molecule has 0 heterocycles. The largest absolute Gasteiger partial charge is 0.372 e. The van der Waals surface area contributed by atoms with Gasteiger partial charge in [0, 0.05) is 5.54 Å². The Bertz CT molecular complexity index is 504. The maximum absolute atomic E-state index is 5.92. The van der Waals surface area contributed by atoms with Gasteiger partial charge in [0.05, 0.1) is 13.2 Å². The van der Waals surface area contributed by atoms with E-state index in [1.54, 1.807) is 5.54 Å². The van der Waals surface area contributed by atoms with Crippen LogP contribution in [0, 0.1) is 5.41 Å². The summed E-state index contributed by atoms with van der Waals surface area (Å²) in [5.74, 6) is 0. The first-order valence-corrected chi connectivity index (χ1v) is 8.15. The van der Waals surface area contributed by atoms with Gasteiger partial charge in [-0.1, -0.05) is 60.5 Å². The minimum Gasteiger partial charge on any atom is -0.372 e. The molecule has 1 aromatic rings. The van der Waals surface area contributed by atoms with E-state index in [0.717, 1.165) is 19.4 Å². The molecule has 1 aromatic carbocycles. The minimum atomic E-state index is 0.276. The van der Waals surface area contributed by atoms with Crippen molar-refractivity contribution in [1.29, 1.82) is 0 Å². The van der Waals surface area contributed by atoms with Crippen molar-refractivity contribution in [3.63, 3.8) is 0 Å². The fourth-order valence-electron chi connectivity index (χ4n) is 2.87. The van der Waals surface area contributed by atoms with Gasteiger partial charge in [0.25, 0.3) is 0 Å². The van der Waals surface area contributed by atoms with Crippen molar-refractivity contribution in [3.05, 3.63) is 58.7 Å². The van der Waals surface area contributed by atoms with Crippen molar-refractivity contribution in [1.82, 2.24) is 0 Å². The van der Waals surface area contributed by atoms with E-state index in [2.05, 4.69) is 44.2 Å². The zero-order valence-electron chi connectivity index (χ0n) is 13.1. The van der Waals surface area contributed by atoms with Crippen LogP contribution >= 0.6 is 11.6 Å². The van der Waals surface area contributed by atoms with Crippen molar-refractivity contribution < 1.29 is 4.74 Å². The Hall–Kier alpha value is -1.05. The van der Waals surface area contributed by atoms with E-state index in [9.17, 15) is 0 Å². The predicted molar refractivity (Wildman–Crippen MR) is 90.4 cm³/mol. The molecule has 0 unspecified atom stereocenters. The molecule has 0 aromatic heterocycles. The molecule has 2 heteroatoms. The normalized spacial score (nSPS) is 22.4. The first-order chi connectivity index (χ1) is 10.1. The van der Waals surface area contributed by atoms with Crippen molar-refractivity contribution in [2.45, 2.75) is 46.1 Å². The monoisotopic (exact) mass is 304 g/mol. The third-order valence-electron chi connectivity index (χ3n) is 4.49. The molecule has 0 saturated carbocycles. The highest BCUT2D eigenvalue weighted by molar-refractivity contribution is 6.25. The molecule has 114 valence electrons. The Morgan fingerprint density at radius 3 is 2.76 bits per heavy atom. The molecule has 1 atom stereocenters. The Kier molecular flexibility index (Phi) is 6.08. The van der Waals surface area contributed by atoms with Gasteiger partial charge in [0.1, 0.15) is 0 Å². The summed E-state index contributed by atoms with van der Waals surface area (Å²) in [7, 11) is 0. The summed E-state index contributed by atoms with van der Waals surface area (Å²) in [4.78, 5) is 0. The third kappa shape index (κ3) is 4.72. The first-order valence-electron chi connectivity index (χ1n) is 7.71. The standard InChI is InChI=1S/C19H25ClO/c1-16(13-20)10-12-19(2)11-6-9-18(19)15-21-14-17-7-4-3-5-8-17/h3-5,7-9,13H,6,10-12,14-15H2,1-2H3/b16-13-/t19-/m0/s1. The van der Waals surface area contributed by atoms with Gasteiger partial charge in [-0.3, -0.25) is 0 Å². The van der Waals surface area contributed by atoms with Crippen LogP contribution in [0.3, 0.4) is 0 Å². The Balaban J connectivity index is 1.84. The van der Waals surface area contributed by atoms with Crippen molar-refractivity contribution in [3.8, 4) is 0 Å². The van der Waals surface area contributed by atoms with Crippen LogP contribution in [-0.2, 0) is 11.3 Å². The van der Waals surface area contributed by atoms with Gasteiger partial charge in [0.15, 0.2) is 0 Å². The average molecular weight is 305 g/mol. The summed E-state index contributed by atoms with van der Waals surface area (Å²) in [5.41, 5.74) is 5.93. The molecule has 0 N–H and O–H groups in total. The van der Waals surface area contributed by atoms with Gasteiger partial charge in [-0.2, -0.15) is 0 Å². The lowest BCUT2D eigenvalue weighted by molar-refractivity contribution is 0.127. The summed E-state index contributed by atoms with van der Waals surface area (Å²) in [6, 6.07) is 10.4. The second-order valence-electron chi connectivity index (χ2n) is 6.26. The van der Waals surface area contributed by atoms with Gasteiger partial charge >= 0.3 is 0 Å². The molecular weight excluding hydrogens is 280 g/mol. The molecule has 0 fully saturated rings. The molecular formula is C19H25ClO. The maximum atomic E-state index is 5.92. The number of allylic oxidation sites excluding steroid dienone is 2. The lowest BCUT2D eigenvalue weighted by Crippen LogP contribution is -2.19. The highest BCUT2D eigenvalue weighted by Gasteiger charge is 2.31. The van der Waals surface area contributed by atoms with Gasteiger partial charge in [-0.05, 0) is 49.2 Å². The van der Waals surface area contributed by atoms with Gasteiger partial charge in [-0.15, -0.1) is 0 Å². The van der Waals surface area contributed by atoms with Gasteiger partial charge < -0.3 is 4.74 Å². The lowest BCUT2D eigenvalue weighted by Gasteiger charge is -2.28. The number of halogens is 1. The van der Waals surface area contributed by atoms with E-state index >= 15 is 0 Å². The second-order valence-corrected chi connectivity index (χ2v) is 6.48. The van der Waals surface area contributed by atoms with E-state index in [-0.39, 0.29) is 5.41 Å². The number of benzene rings is 1. The molecule has 1 nitrogen and oxygen atoms in total. The molecule has 0 bridgehead atoms. The van der Waals surface area contributed by atoms with E-state index in [1.807, 2.05) is 6.07 Å². The van der Waals surface area contributed by atoms with Crippen LogP contribution in [0.1, 0.15) is 45.1 Å². The molecule has 1 aliphatic rings. The third-order valence-corrected chi connectivity index (χ3v) is 4.86. The Morgan fingerprint density at radius 1 is 1.29 bits per heavy atom. The van der Waals surface area contributed by atoms with Crippen molar-refractivity contribution >= 4 is 11.6 Å². The van der Waals surface area contributed by atoms with Crippen LogP contribution in [0.25, 0.3) is 0 Å². The van der Waals surface area contributed by atoms with E-state index in [1.165, 1.54) is 29.6 Å². The highest BCUT2D eigenvalue weighted by Crippen LogP contribution is 2.43. The second kappa shape index (κ2) is 7.82. The highest BCUT2D eigenvalue weighted by atomic mass is 35.5. The fraction of sp³-hybridized carbons (Fsp3) is 0.474. The summed E-state index contributed by atoms with van der Waals surface area (Å²) in [6.07, 6.45) is 6.99. The fourth-order valence-corrected chi connectivity index (χ4v) is 2.98. The Morgan fingerprint density at radius 2 is 2.05 bits per heavy atom. The van der Waals surface area contributed by atoms with Crippen molar-refractivity contribution in [2.24, 2.45) is 5.41 Å². The van der Waals surface area contributed by atoms with Crippen molar-refractivity contribution in [2.75, 3.05) is 6.61 Å². The van der Waals surface area contributed by atoms with Crippen LogP contribution in [0.15, 0.2) is 53.1 Å². The SMILES string of the molecule is C/C(=C/Cl)CC[C@]1(C)CCC=C1COCc1ccccc1. The summed E-state index contributed by atoms with van der Waals surface area (Å²) >= 11 is 5.77. The number of hydrogen-bond donors (Lipinski definition) is 0. The summed E-state index contributed by atoms with van der Waals surface area (Å²) in [6.45, 7) is 5.89. The molecule has 0 aliphatic heterocycles. The quantitative estimate of drug-likeness (QED) is 0.574. The first kappa shape index (κ1) is 16.3. The van der Waals surface area contributed by atoms with Gasteiger partial charge in [0.2, 0.25) is 0 Å². The molecule has 2 rings (SSSR count). The molecule has 21 heavy (non-hydrogen) atoms. The molecule has 0 saturated heterocycles. The maximum Gasteiger partial charge on any atom is 0.0721 e. The number of hydrogen-bond acceptors (Lipinski definition) is 1. The van der Waals surface area contributed by atoms with E-state index < -0.39 is 0 Å². The average Bonchev–Trinajstić information content (AvgIpc) is 2.87. The van der Waals surface area contributed by atoms with Gasteiger partial charge in [-0.25, -0.2) is 0 Å². The van der Waals surface area contributed by atoms with E-state index in [0.29, 0.717) is 6.61 Å². The molecule has 0 spiro atoms. The van der Waals surface area contributed by atoms with Crippen LogP contribution in [0.4, 0.5) is 0 Å². The predicted octanol–water partition coefficient (Wildman–Crippen LogP) is 5.85. The van der Waals surface area contributed by atoms with Crippen LogP contribution in [0.5, 0.6) is 0 Å². The number of rotatable bonds is 7. The number of ether oxygens (including phenoxy) is 1. The molecule has 0 radical (unpaired) electrons. The lowest BCUT2D eigenvalue weighted by atomic mass is 9.78. The van der Waals surface area contributed by atoms with E-state index in [4.69, 9.17) is 16.3 Å². The minimum absolute atomic E-state index is 0.276. The zero-order valence-corrected chi connectivity index (χ0v) is 13.8. The summed E-state index contributed by atoms with van der Waals surface area (Å²) in [5, 5.41) is 0. The Labute approximate surface area is 133 Å². The molecule has 1 aliphatic carbocycles. The summed E-state index contributed by atoms with van der Waals surface area (Å²) < 4.78 is 5.92. The van der Waals surface area contributed by atoms with Crippen LogP contribution in [-0.4, -0.2) is 6.61 Å². The molecule has 0 amide bonds. The topological polar surface area (TPSA) is 9.23 Å².